The van der Waals surface area contributed by atoms with Gasteiger partial charge in [-0.1, -0.05) is 30.3 Å². The molecule has 3 aromatic rings. The van der Waals surface area contributed by atoms with E-state index in [1.807, 2.05) is 0 Å². The standard InChI is InChI=1S/C20H17FN2O3S/c1-14-18(20(24)22-16-8-5-7-15(21)13-16)11-6-12-19(14)23-27(25,26)17-9-3-2-4-10-17/h2-13,23H,1H3,(H,22,24). The summed E-state index contributed by atoms with van der Waals surface area (Å²) >= 11 is 0. The van der Waals surface area contributed by atoms with Crippen LogP contribution in [0.1, 0.15) is 15.9 Å². The van der Waals surface area contributed by atoms with Gasteiger partial charge in [0, 0.05) is 11.3 Å². The molecule has 138 valence electrons. The van der Waals surface area contributed by atoms with Crippen LogP contribution in [0.4, 0.5) is 15.8 Å². The molecule has 7 heteroatoms. The van der Waals surface area contributed by atoms with Gasteiger partial charge in [0.2, 0.25) is 0 Å². The van der Waals surface area contributed by atoms with Gasteiger partial charge in [0.15, 0.2) is 0 Å². The van der Waals surface area contributed by atoms with Crippen molar-refractivity contribution in [2.24, 2.45) is 0 Å². The first kappa shape index (κ1) is 18.6. The summed E-state index contributed by atoms with van der Waals surface area (Å²) in [6.45, 7) is 1.64. The molecule has 3 aromatic carbocycles. The van der Waals surface area contributed by atoms with E-state index in [1.54, 1.807) is 49.4 Å². The summed E-state index contributed by atoms with van der Waals surface area (Å²) in [5, 5.41) is 2.61. The second kappa shape index (κ2) is 7.59. The summed E-state index contributed by atoms with van der Waals surface area (Å²) in [6, 6.07) is 18.2. The van der Waals surface area contributed by atoms with Crippen LogP contribution in [0.25, 0.3) is 0 Å². The molecule has 0 spiro atoms. The Bertz CT molecular complexity index is 1080. The molecule has 0 aliphatic heterocycles. The van der Waals surface area contributed by atoms with Crippen LogP contribution in [0.5, 0.6) is 0 Å². The summed E-state index contributed by atoms with van der Waals surface area (Å²) in [5.74, 6) is -0.923. The number of amides is 1. The first-order valence-corrected chi connectivity index (χ1v) is 9.59. The number of anilines is 2. The lowest BCUT2D eigenvalue weighted by Crippen LogP contribution is -2.17. The molecule has 0 saturated heterocycles. The van der Waals surface area contributed by atoms with E-state index in [2.05, 4.69) is 10.0 Å². The monoisotopic (exact) mass is 384 g/mol. The Hall–Kier alpha value is -3.19. The highest BCUT2D eigenvalue weighted by Crippen LogP contribution is 2.23. The van der Waals surface area contributed by atoms with Crippen molar-refractivity contribution in [3.8, 4) is 0 Å². The van der Waals surface area contributed by atoms with Gasteiger partial charge in [0.05, 0.1) is 10.6 Å². The predicted octanol–water partition coefficient (Wildman–Crippen LogP) is 4.19. The first-order chi connectivity index (χ1) is 12.9. The lowest BCUT2D eigenvalue weighted by molar-refractivity contribution is 0.102. The maximum atomic E-state index is 13.3. The Morgan fingerprint density at radius 3 is 2.33 bits per heavy atom. The van der Waals surface area contributed by atoms with Crippen molar-refractivity contribution in [1.29, 1.82) is 0 Å². The highest BCUT2D eigenvalue weighted by molar-refractivity contribution is 7.92. The molecule has 0 saturated carbocycles. The first-order valence-electron chi connectivity index (χ1n) is 8.11. The number of carbonyl (C=O) groups is 1. The molecule has 0 aliphatic carbocycles. The van der Waals surface area contributed by atoms with Gasteiger partial charge in [-0.15, -0.1) is 0 Å². The number of sulfonamides is 1. The SMILES string of the molecule is Cc1c(NS(=O)(=O)c2ccccc2)cccc1C(=O)Nc1cccc(F)c1. The van der Waals surface area contributed by atoms with Gasteiger partial charge >= 0.3 is 0 Å². The van der Waals surface area contributed by atoms with E-state index in [0.29, 0.717) is 16.9 Å². The summed E-state index contributed by atoms with van der Waals surface area (Å²) in [4.78, 5) is 12.6. The molecular formula is C20H17FN2O3S. The molecule has 27 heavy (non-hydrogen) atoms. The van der Waals surface area contributed by atoms with Crippen LogP contribution in [-0.2, 0) is 10.0 Å². The number of hydrogen-bond acceptors (Lipinski definition) is 3. The van der Waals surface area contributed by atoms with Crippen LogP contribution in [-0.4, -0.2) is 14.3 Å². The number of benzene rings is 3. The van der Waals surface area contributed by atoms with Crippen LogP contribution in [0, 0.1) is 12.7 Å². The summed E-state index contributed by atoms with van der Waals surface area (Å²) in [6.07, 6.45) is 0. The number of halogens is 1. The topological polar surface area (TPSA) is 75.3 Å². The van der Waals surface area contributed by atoms with Crippen molar-refractivity contribution in [2.75, 3.05) is 10.0 Å². The minimum absolute atomic E-state index is 0.124. The van der Waals surface area contributed by atoms with Crippen molar-refractivity contribution in [1.82, 2.24) is 0 Å². The highest BCUT2D eigenvalue weighted by atomic mass is 32.2. The Kier molecular flexibility index (Phi) is 5.23. The molecule has 0 bridgehead atoms. The largest absolute Gasteiger partial charge is 0.322 e. The normalized spacial score (nSPS) is 11.0. The van der Waals surface area contributed by atoms with E-state index in [1.165, 1.54) is 30.3 Å². The van der Waals surface area contributed by atoms with Crippen LogP contribution >= 0.6 is 0 Å². The Labute approximate surface area is 156 Å². The molecule has 0 aromatic heterocycles. The van der Waals surface area contributed by atoms with Crippen LogP contribution in [0.3, 0.4) is 0 Å². The van der Waals surface area contributed by atoms with E-state index in [-0.39, 0.29) is 10.5 Å². The second-order valence-corrected chi connectivity index (χ2v) is 7.54. The minimum atomic E-state index is -3.77. The Morgan fingerprint density at radius 1 is 0.926 bits per heavy atom. The molecule has 0 atom stereocenters. The van der Waals surface area contributed by atoms with Crippen molar-refractivity contribution >= 4 is 27.3 Å². The molecule has 2 N–H and O–H groups in total. The molecule has 0 aliphatic rings. The number of carbonyl (C=O) groups excluding carboxylic acids is 1. The second-order valence-electron chi connectivity index (χ2n) is 5.86. The van der Waals surface area contributed by atoms with Gasteiger partial charge in [-0.3, -0.25) is 9.52 Å². The third kappa shape index (κ3) is 4.32. The fourth-order valence-electron chi connectivity index (χ4n) is 2.56. The van der Waals surface area contributed by atoms with E-state index < -0.39 is 21.7 Å². The van der Waals surface area contributed by atoms with E-state index in [9.17, 15) is 17.6 Å². The lowest BCUT2D eigenvalue weighted by Gasteiger charge is -2.14. The van der Waals surface area contributed by atoms with E-state index in [4.69, 9.17) is 0 Å². The van der Waals surface area contributed by atoms with Crippen LogP contribution in [0.15, 0.2) is 77.7 Å². The quantitative estimate of drug-likeness (QED) is 0.693. The average Bonchev–Trinajstić information content (AvgIpc) is 2.64. The Morgan fingerprint density at radius 2 is 1.63 bits per heavy atom. The number of nitrogens with one attached hydrogen (secondary N) is 2. The Balaban J connectivity index is 1.87. The molecular weight excluding hydrogens is 367 g/mol. The van der Waals surface area contributed by atoms with Gasteiger partial charge in [0.25, 0.3) is 15.9 Å². The molecule has 0 unspecified atom stereocenters. The van der Waals surface area contributed by atoms with Crippen molar-refractivity contribution in [3.63, 3.8) is 0 Å². The molecule has 0 fully saturated rings. The maximum Gasteiger partial charge on any atom is 0.261 e. The van der Waals surface area contributed by atoms with Crippen molar-refractivity contribution < 1.29 is 17.6 Å². The van der Waals surface area contributed by atoms with Crippen LogP contribution in [0.2, 0.25) is 0 Å². The molecule has 3 rings (SSSR count). The molecule has 1 amide bonds. The van der Waals surface area contributed by atoms with Crippen molar-refractivity contribution in [2.45, 2.75) is 11.8 Å². The fourth-order valence-corrected chi connectivity index (χ4v) is 3.70. The highest BCUT2D eigenvalue weighted by Gasteiger charge is 2.18. The zero-order chi connectivity index (χ0) is 19.4. The maximum absolute atomic E-state index is 13.3. The molecule has 5 nitrogen and oxygen atoms in total. The zero-order valence-corrected chi connectivity index (χ0v) is 15.3. The number of rotatable bonds is 5. The summed E-state index contributed by atoms with van der Waals surface area (Å²) < 4.78 is 40.8. The van der Waals surface area contributed by atoms with Gasteiger partial charge in [-0.2, -0.15) is 0 Å². The average molecular weight is 384 g/mol. The van der Waals surface area contributed by atoms with Crippen molar-refractivity contribution in [3.05, 3.63) is 89.7 Å². The van der Waals surface area contributed by atoms with E-state index >= 15 is 0 Å². The lowest BCUT2D eigenvalue weighted by atomic mass is 10.1. The van der Waals surface area contributed by atoms with Crippen LogP contribution < -0.4 is 10.0 Å². The van der Waals surface area contributed by atoms with Gasteiger partial charge < -0.3 is 5.32 Å². The summed E-state index contributed by atoms with van der Waals surface area (Å²) in [7, 11) is -3.77. The van der Waals surface area contributed by atoms with Gasteiger partial charge in [0.1, 0.15) is 5.82 Å². The minimum Gasteiger partial charge on any atom is -0.322 e. The smallest absolute Gasteiger partial charge is 0.261 e. The molecule has 0 heterocycles. The van der Waals surface area contributed by atoms with Gasteiger partial charge in [-0.05, 0) is 55.0 Å². The van der Waals surface area contributed by atoms with Gasteiger partial charge in [-0.25, -0.2) is 12.8 Å². The third-order valence-corrected chi connectivity index (χ3v) is 5.34. The number of hydrogen-bond donors (Lipinski definition) is 2. The third-order valence-electron chi connectivity index (χ3n) is 3.96. The zero-order valence-electron chi connectivity index (χ0n) is 14.4. The summed E-state index contributed by atoms with van der Waals surface area (Å²) in [5.41, 5.74) is 1.36. The molecule has 0 radical (unpaired) electrons. The fraction of sp³-hybridized carbons (Fsp3) is 0.0500. The predicted molar refractivity (Wildman–Crippen MR) is 103 cm³/mol. The van der Waals surface area contributed by atoms with E-state index in [0.717, 1.165) is 0 Å².